The van der Waals surface area contributed by atoms with Crippen molar-refractivity contribution in [2.75, 3.05) is 18.4 Å². The fraction of sp³-hybridized carbons (Fsp3) is 0.429. The number of aromatic amines is 1. The van der Waals surface area contributed by atoms with Crippen LogP contribution in [0.2, 0.25) is 10.0 Å². The van der Waals surface area contributed by atoms with E-state index in [0.717, 1.165) is 12.8 Å². The van der Waals surface area contributed by atoms with Gasteiger partial charge in [-0.3, -0.25) is 9.59 Å². The number of anilines is 1. The molecule has 1 aliphatic rings. The smallest absolute Gasteiger partial charge is 0.273 e. The molecule has 0 spiro atoms. The van der Waals surface area contributed by atoms with E-state index >= 15 is 0 Å². The van der Waals surface area contributed by atoms with Crippen LogP contribution in [0.15, 0.2) is 18.2 Å². The largest absolute Gasteiger partial charge is 0.489 e. The lowest BCUT2D eigenvalue weighted by Gasteiger charge is -2.31. The van der Waals surface area contributed by atoms with E-state index < -0.39 is 5.91 Å². The minimum atomic E-state index is -0.454. The Labute approximate surface area is 185 Å². The first-order valence-electron chi connectivity index (χ1n) is 9.87. The van der Waals surface area contributed by atoms with E-state index in [1.54, 1.807) is 30.0 Å². The number of likely N-dealkylation sites (tertiary alicyclic amines) is 1. The van der Waals surface area contributed by atoms with Gasteiger partial charge in [0.05, 0.1) is 21.8 Å². The van der Waals surface area contributed by atoms with Gasteiger partial charge in [0, 0.05) is 30.4 Å². The molecule has 0 saturated carbocycles. The summed E-state index contributed by atoms with van der Waals surface area (Å²) in [5.74, 6) is -0.160. The third-order valence-corrected chi connectivity index (χ3v) is 5.81. The number of nitrogens with two attached hydrogens (primary N) is 1. The van der Waals surface area contributed by atoms with Crippen LogP contribution < -0.4 is 15.8 Å². The monoisotopic (exact) mass is 452 g/mol. The summed E-state index contributed by atoms with van der Waals surface area (Å²) in [6.07, 6.45) is 1.65. The number of nitrogens with one attached hydrogen (secondary N) is 2. The summed E-state index contributed by atoms with van der Waals surface area (Å²) >= 11 is 12.2. The van der Waals surface area contributed by atoms with Gasteiger partial charge < -0.3 is 25.7 Å². The summed E-state index contributed by atoms with van der Waals surface area (Å²) < 4.78 is 5.86. The lowest BCUT2D eigenvalue weighted by Crippen LogP contribution is -2.45. The summed E-state index contributed by atoms with van der Waals surface area (Å²) in [6.45, 7) is 6.68. The number of hydrogen-bond acceptors (Lipinski definition) is 4. The Balaban J connectivity index is 1.86. The molecular weight excluding hydrogens is 427 g/mol. The zero-order valence-corrected chi connectivity index (χ0v) is 18.7. The Kier molecular flexibility index (Phi) is 6.95. The van der Waals surface area contributed by atoms with Crippen LogP contribution in [0.25, 0.3) is 0 Å². The number of nitrogens with zero attached hydrogens (tertiary/aromatic N) is 1. The normalized spacial score (nSPS) is 16.6. The van der Waals surface area contributed by atoms with E-state index in [-0.39, 0.29) is 28.8 Å². The Morgan fingerprint density at radius 3 is 2.63 bits per heavy atom. The topological polar surface area (TPSA) is 100 Å². The maximum Gasteiger partial charge on any atom is 0.273 e. The maximum atomic E-state index is 12.9. The summed E-state index contributed by atoms with van der Waals surface area (Å²) in [6, 6.07) is 4.96. The fourth-order valence-corrected chi connectivity index (χ4v) is 3.82. The van der Waals surface area contributed by atoms with E-state index in [9.17, 15) is 9.59 Å². The number of hydrogen-bond donors (Lipinski definition) is 3. The summed E-state index contributed by atoms with van der Waals surface area (Å²) in [7, 11) is 0. The van der Waals surface area contributed by atoms with E-state index in [1.165, 1.54) is 0 Å². The number of amides is 2. The lowest BCUT2D eigenvalue weighted by molar-refractivity contribution is 0.0708. The number of halogens is 2. The summed E-state index contributed by atoms with van der Waals surface area (Å²) in [5.41, 5.74) is 7.68. The molecule has 1 aromatic carbocycles. The zero-order valence-electron chi connectivity index (χ0n) is 17.2. The average Bonchev–Trinajstić information content (AvgIpc) is 2.95. The summed E-state index contributed by atoms with van der Waals surface area (Å²) in [5, 5.41) is 3.25. The molecule has 3 rings (SSSR count). The Morgan fingerprint density at radius 1 is 1.30 bits per heavy atom. The number of benzene rings is 1. The number of carbonyl (C=O) groups is 2. The number of aromatic nitrogens is 1. The second-order valence-corrected chi connectivity index (χ2v) is 8.49. The first kappa shape index (κ1) is 22.5. The Bertz CT molecular complexity index is 958. The summed E-state index contributed by atoms with van der Waals surface area (Å²) in [4.78, 5) is 30.3. The Hall–Kier alpha value is -2.22. The standard InChI is InChI=1S/C21H26Cl2N4O3/c1-11(2)30-16-9-13(21(29)27-8-4-5-14(24)10-27)6-7-15(16)26-20(28)19-18(23)17(22)12(3)25-19/h6-7,9,11,14,25H,4-5,8,10,24H2,1-3H3,(H,26,28). The van der Waals surface area contributed by atoms with Crippen LogP contribution in [-0.2, 0) is 0 Å². The molecule has 1 unspecified atom stereocenters. The van der Waals surface area contributed by atoms with Crippen LogP contribution in [0.5, 0.6) is 5.75 Å². The van der Waals surface area contributed by atoms with Crippen molar-refractivity contribution >= 4 is 40.7 Å². The molecule has 2 heterocycles. The zero-order chi connectivity index (χ0) is 22.0. The highest BCUT2D eigenvalue weighted by atomic mass is 35.5. The molecule has 0 bridgehead atoms. The lowest BCUT2D eigenvalue weighted by atomic mass is 10.0. The molecule has 2 aromatic rings. The van der Waals surface area contributed by atoms with Crippen LogP contribution in [0.4, 0.5) is 5.69 Å². The SMILES string of the molecule is Cc1[nH]c(C(=O)Nc2ccc(C(=O)N3CCCC(N)C3)cc2OC(C)C)c(Cl)c1Cl. The van der Waals surface area contributed by atoms with Gasteiger partial charge in [0.15, 0.2) is 0 Å². The molecule has 1 aliphatic heterocycles. The number of H-pyrrole nitrogens is 1. The second-order valence-electron chi connectivity index (χ2n) is 7.74. The number of ether oxygens (including phenoxy) is 1. The van der Waals surface area contributed by atoms with E-state index in [2.05, 4.69) is 10.3 Å². The van der Waals surface area contributed by atoms with Gasteiger partial charge in [-0.25, -0.2) is 0 Å². The van der Waals surface area contributed by atoms with Gasteiger partial charge in [-0.15, -0.1) is 0 Å². The number of aryl methyl sites for hydroxylation is 1. The van der Waals surface area contributed by atoms with Crippen LogP contribution in [0.1, 0.15) is 53.2 Å². The molecule has 162 valence electrons. The minimum absolute atomic E-state index is 0.00605. The van der Waals surface area contributed by atoms with Crippen molar-refractivity contribution in [1.29, 1.82) is 0 Å². The minimum Gasteiger partial charge on any atom is -0.489 e. The molecule has 1 fully saturated rings. The molecular formula is C21H26Cl2N4O3. The van der Waals surface area contributed by atoms with Crippen molar-refractivity contribution in [3.8, 4) is 5.75 Å². The van der Waals surface area contributed by atoms with E-state index in [0.29, 0.717) is 40.8 Å². The first-order valence-corrected chi connectivity index (χ1v) is 10.6. The Morgan fingerprint density at radius 2 is 2.03 bits per heavy atom. The van der Waals surface area contributed by atoms with Crippen LogP contribution >= 0.6 is 23.2 Å². The predicted octanol–water partition coefficient (Wildman–Crippen LogP) is 4.23. The number of piperidine rings is 1. The molecule has 1 atom stereocenters. The molecule has 0 radical (unpaired) electrons. The van der Waals surface area contributed by atoms with Gasteiger partial charge in [0.1, 0.15) is 11.4 Å². The third-order valence-electron chi connectivity index (χ3n) is 4.87. The highest BCUT2D eigenvalue weighted by molar-refractivity contribution is 6.44. The van der Waals surface area contributed by atoms with E-state index in [1.807, 2.05) is 13.8 Å². The van der Waals surface area contributed by atoms with Crippen molar-refractivity contribution in [3.63, 3.8) is 0 Å². The van der Waals surface area contributed by atoms with Gasteiger partial charge in [0.25, 0.3) is 11.8 Å². The van der Waals surface area contributed by atoms with Gasteiger partial charge in [-0.05, 0) is 51.8 Å². The van der Waals surface area contributed by atoms with Crippen molar-refractivity contribution < 1.29 is 14.3 Å². The van der Waals surface area contributed by atoms with Crippen LogP contribution in [0.3, 0.4) is 0 Å². The molecule has 1 aromatic heterocycles. The molecule has 4 N–H and O–H groups in total. The molecule has 9 heteroatoms. The first-order chi connectivity index (χ1) is 14.2. The number of rotatable bonds is 5. The predicted molar refractivity (Wildman–Crippen MR) is 119 cm³/mol. The van der Waals surface area contributed by atoms with Crippen molar-refractivity contribution in [2.24, 2.45) is 5.73 Å². The van der Waals surface area contributed by atoms with Crippen molar-refractivity contribution in [1.82, 2.24) is 9.88 Å². The highest BCUT2D eigenvalue weighted by Crippen LogP contribution is 2.32. The second kappa shape index (κ2) is 9.29. The molecule has 2 amide bonds. The van der Waals surface area contributed by atoms with Crippen LogP contribution in [-0.4, -0.2) is 46.9 Å². The quantitative estimate of drug-likeness (QED) is 0.631. The van der Waals surface area contributed by atoms with Crippen molar-refractivity contribution in [2.45, 2.75) is 45.8 Å². The van der Waals surface area contributed by atoms with Gasteiger partial charge >= 0.3 is 0 Å². The molecule has 1 saturated heterocycles. The fourth-order valence-electron chi connectivity index (χ4n) is 3.40. The third kappa shape index (κ3) is 4.91. The molecule has 7 nitrogen and oxygen atoms in total. The maximum absolute atomic E-state index is 12.9. The van der Waals surface area contributed by atoms with E-state index in [4.69, 9.17) is 33.7 Å². The van der Waals surface area contributed by atoms with Gasteiger partial charge in [-0.2, -0.15) is 0 Å². The molecule has 30 heavy (non-hydrogen) atoms. The number of carbonyl (C=O) groups excluding carboxylic acids is 2. The van der Waals surface area contributed by atoms with Gasteiger partial charge in [0.2, 0.25) is 0 Å². The van der Waals surface area contributed by atoms with Gasteiger partial charge in [-0.1, -0.05) is 23.2 Å². The van der Waals surface area contributed by atoms with Crippen molar-refractivity contribution in [3.05, 3.63) is 45.2 Å². The average molecular weight is 453 g/mol. The van der Waals surface area contributed by atoms with Crippen LogP contribution in [0, 0.1) is 6.92 Å². The molecule has 0 aliphatic carbocycles. The highest BCUT2D eigenvalue weighted by Gasteiger charge is 2.24.